The first-order valence-corrected chi connectivity index (χ1v) is 9.22. The van der Waals surface area contributed by atoms with Crippen molar-refractivity contribution < 1.29 is 19.5 Å². The molecule has 2 amide bonds. The Balaban J connectivity index is 1.97. The molecule has 25 heavy (non-hydrogen) atoms. The van der Waals surface area contributed by atoms with Gasteiger partial charge in [-0.1, -0.05) is 6.92 Å². The molecule has 1 atom stereocenters. The zero-order valence-corrected chi connectivity index (χ0v) is 15.6. The molecule has 0 spiro atoms. The lowest BCUT2D eigenvalue weighted by Crippen LogP contribution is -2.44. The van der Waals surface area contributed by atoms with Crippen LogP contribution in [0.25, 0.3) is 0 Å². The number of likely N-dealkylation sites (tertiary alicyclic amines) is 1. The van der Waals surface area contributed by atoms with Gasteiger partial charge in [-0.05, 0) is 45.7 Å². The predicted molar refractivity (Wildman–Crippen MR) is 94.0 cm³/mol. The minimum atomic E-state index is -1.02. The Morgan fingerprint density at radius 2 is 1.80 bits per heavy atom. The topological polar surface area (TPSA) is 81.2 Å². The first kappa shape index (κ1) is 19.7. The predicted octanol–water partition coefficient (Wildman–Crippen LogP) is 0.888. The largest absolute Gasteiger partial charge is 0.480 e. The third-order valence-corrected chi connectivity index (χ3v) is 5.39. The smallest absolute Gasteiger partial charge is 0.323 e. The van der Waals surface area contributed by atoms with Gasteiger partial charge in [0.1, 0.15) is 6.54 Å². The van der Waals surface area contributed by atoms with Crippen LogP contribution in [0.4, 0.5) is 0 Å². The van der Waals surface area contributed by atoms with Crippen molar-refractivity contribution >= 4 is 17.8 Å². The third-order valence-electron chi connectivity index (χ3n) is 5.39. The summed E-state index contributed by atoms with van der Waals surface area (Å²) >= 11 is 0. The molecule has 0 aromatic rings. The van der Waals surface area contributed by atoms with Gasteiger partial charge in [0, 0.05) is 32.1 Å². The van der Waals surface area contributed by atoms with Crippen molar-refractivity contribution in [2.45, 2.75) is 45.1 Å². The maximum atomic E-state index is 12.8. The van der Waals surface area contributed by atoms with E-state index in [-0.39, 0.29) is 30.8 Å². The summed E-state index contributed by atoms with van der Waals surface area (Å²) in [5.41, 5.74) is 0. The third kappa shape index (κ3) is 5.42. The Labute approximate surface area is 149 Å². The highest BCUT2D eigenvalue weighted by atomic mass is 16.4. The van der Waals surface area contributed by atoms with Crippen LogP contribution in [0.5, 0.6) is 0 Å². The standard InChI is InChI=1S/C18H31N3O4/c1-13-4-6-15(7-5-13)21-11-14(10-16(21)22)18(25)20(12-17(23)24)9-8-19(2)3/h13-15H,4-12H2,1-3H3,(H,23,24)/t13?,14-,15?/m0/s1. The SMILES string of the molecule is CC1CCC(N2C[C@@H](C(=O)N(CCN(C)C)CC(=O)O)CC2=O)CC1. The van der Waals surface area contributed by atoms with Gasteiger partial charge in [-0.3, -0.25) is 14.4 Å². The molecule has 1 heterocycles. The molecular weight excluding hydrogens is 322 g/mol. The van der Waals surface area contributed by atoms with E-state index in [1.54, 1.807) is 0 Å². The van der Waals surface area contributed by atoms with Crippen molar-refractivity contribution in [2.75, 3.05) is 40.3 Å². The van der Waals surface area contributed by atoms with Gasteiger partial charge in [0.2, 0.25) is 11.8 Å². The van der Waals surface area contributed by atoms with Crippen LogP contribution in [0.2, 0.25) is 0 Å². The van der Waals surface area contributed by atoms with Crippen LogP contribution >= 0.6 is 0 Å². The monoisotopic (exact) mass is 353 g/mol. The number of carbonyl (C=O) groups is 3. The molecule has 142 valence electrons. The lowest BCUT2D eigenvalue weighted by Gasteiger charge is -2.34. The molecule has 0 aromatic carbocycles. The van der Waals surface area contributed by atoms with Gasteiger partial charge in [-0.15, -0.1) is 0 Å². The summed E-state index contributed by atoms with van der Waals surface area (Å²) in [6.07, 6.45) is 4.48. The second-order valence-electron chi connectivity index (χ2n) is 7.82. The van der Waals surface area contributed by atoms with Crippen LogP contribution < -0.4 is 0 Å². The molecule has 1 N–H and O–H groups in total. The zero-order valence-electron chi connectivity index (χ0n) is 15.6. The molecule has 1 saturated heterocycles. The summed E-state index contributed by atoms with van der Waals surface area (Å²) in [6, 6.07) is 0.246. The minimum Gasteiger partial charge on any atom is -0.480 e. The zero-order chi connectivity index (χ0) is 18.6. The molecule has 1 aliphatic heterocycles. The van der Waals surface area contributed by atoms with E-state index in [4.69, 9.17) is 5.11 Å². The summed E-state index contributed by atoms with van der Waals surface area (Å²) in [7, 11) is 3.77. The Kier molecular flexibility index (Phi) is 6.81. The van der Waals surface area contributed by atoms with Gasteiger partial charge >= 0.3 is 5.97 Å². The molecule has 2 rings (SSSR count). The highest BCUT2D eigenvalue weighted by Crippen LogP contribution is 2.31. The highest BCUT2D eigenvalue weighted by molar-refractivity contribution is 5.90. The van der Waals surface area contributed by atoms with E-state index in [1.807, 2.05) is 23.9 Å². The first-order valence-electron chi connectivity index (χ1n) is 9.22. The molecular formula is C18H31N3O4. The number of likely N-dealkylation sites (N-methyl/N-ethyl adjacent to an activating group) is 1. The molecule has 0 unspecified atom stereocenters. The number of carboxylic acid groups (broad SMARTS) is 1. The summed E-state index contributed by atoms with van der Waals surface area (Å²) in [4.78, 5) is 41.5. The molecule has 0 aromatic heterocycles. The van der Waals surface area contributed by atoms with Crippen molar-refractivity contribution in [1.29, 1.82) is 0 Å². The fraction of sp³-hybridized carbons (Fsp3) is 0.833. The summed E-state index contributed by atoms with van der Waals surface area (Å²) in [5.74, 6) is -0.878. The lowest BCUT2D eigenvalue weighted by molar-refractivity contribution is -0.146. The van der Waals surface area contributed by atoms with Gasteiger partial charge in [-0.25, -0.2) is 0 Å². The molecule has 0 bridgehead atoms. The number of hydrogen-bond acceptors (Lipinski definition) is 4. The van der Waals surface area contributed by atoms with E-state index in [1.165, 1.54) is 4.90 Å². The van der Waals surface area contributed by atoms with E-state index in [9.17, 15) is 14.4 Å². The van der Waals surface area contributed by atoms with E-state index in [2.05, 4.69) is 6.92 Å². The Bertz CT molecular complexity index is 501. The number of nitrogens with zero attached hydrogens (tertiary/aromatic N) is 3. The minimum absolute atomic E-state index is 0.0424. The van der Waals surface area contributed by atoms with Crippen LogP contribution in [0.1, 0.15) is 39.0 Å². The van der Waals surface area contributed by atoms with Crippen molar-refractivity contribution in [3.8, 4) is 0 Å². The summed E-state index contributed by atoms with van der Waals surface area (Å²) < 4.78 is 0. The van der Waals surface area contributed by atoms with Crippen LogP contribution in [-0.2, 0) is 14.4 Å². The number of rotatable bonds is 7. The maximum absolute atomic E-state index is 12.8. The molecule has 1 saturated carbocycles. The lowest BCUT2D eigenvalue weighted by atomic mass is 9.86. The highest BCUT2D eigenvalue weighted by Gasteiger charge is 2.40. The molecule has 2 fully saturated rings. The number of aliphatic carboxylic acids is 1. The summed E-state index contributed by atoms with van der Waals surface area (Å²) in [6.45, 7) is 3.34. The first-order chi connectivity index (χ1) is 11.8. The van der Waals surface area contributed by atoms with E-state index < -0.39 is 11.9 Å². The van der Waals surface area contributed by atoms with Gasteiger partial charge < -0.3 is 19.8 Å². The normalized spacial score (nSPS) is 27.0. The van der Waals surface area contributed by atoms with Crippen LogP contribution in [0.3, 0.4) is 0 Å². The quantitative estimate of drug-likeness (QED) is 0.735. The van der Waals surface area contributed by atoms with Gasteiger partial charge in [0.05, 0.1) is 5.92 Å². The average molecular weight is 353 g/mol. The van der Waals surface area contributed by atoms with Crippen molar-refractivity contribution in [1.82, 2.24) is 14.7 Å². The second-order valence-corrected chi connectivity index (χ2v) is 7.82. The Morgan fingerprint density at radius 1 is 1.16 bits per heavy atom. The van der Waals surface area contributed by atoms with Gasteiger partial charge in [0.15, 0.2) is 0 Å². The van der Waals surface area contributed by atoms with Crippen molar-refractivity contribution in [3.05, 3.63) is 0 Å². The molecule has 2 aliphatic rings. The van der Waals surface area contributed by atoms with Crippen molar-refractivity contribution in [2.24, 2.45) is 11.8 Å². The van der Waals surface area contributed by atoms with E-state index >= 15 is 0 Å². The number of carboxylic acids is 1. The Morgan fingerprint density at radius 3 is 2.36 bits per heavy atom. The Hall–Kier alpha value is -1.63. The maximum Gasteiger partial charge on any atom is 0.323 e. The van der Waals surface area contributed by atoms with Gasteiger partial charge in [-0.2, -0.15) is 0 Å². The molecule has 1 aliphatic carbocycles. The van der Waals surface area contributed by atoms with E-state index in [0.29, 0.717) is 25.6 Å². The number of hydrogen-bond donors (Lipinski definition) is 1. The van der Waals surface area contributed by atoms with Crippen molar-refractivity contribution in [3.63, 3.8) is 0 Å². The second kappa shape index (κ2) is 8.65. The van der Waals surface area contributed by atoms with Crippen LogP contribution in [-0.4, -0.2) is 83.9 Å². The molecule has 7 heteroatoms. The van der Waals surface area contributed by atoms with Crippen LogP contribution in [0, 0.1) is 11.8 Å². The molecule has 7 nitrogen and oxygen atoms in total. The van der Waals surface area contributed by atoms with Gasteiger partial charge in [0.25, 0.3) is 0 Å². The number of amides is 2. The molecule has 0 radical (unpaired) electrons. The average Bonchev–Trinajstić information content (AvgIpc) is 2.93. The van der Waals surface area contributed by atoms with Crippen LogP contribution in [0.15, 0.2) is 0 Å². The fourth-order valence-electron chi connectivity index (χ4n) is 3.81. The van der Waals surface area contributed by atoms with E-state index in [0.717, 1.165) is 25.7 Å². The number of carbonyl (C=O) groups excluding carboxylic acids is 2. The fourth-order valence-corrected chi connectivity index (χ4v) is 3.81. The summed E-state index contributed by atoms with van der Waals surface area (Å²) in [5, 5.41) is 9.09.